The van der Waals surface area contributed by atoms with Crippen molar-refractivity contribution in [3.05, 3.63) is 53.2 Å². The highest BCUT2D eigenvalue weighted by molar-refractivity contribution is 7.94. The van der Waals surface area contributed by atoms with Crippen LogP contribution < -0.4 is 21.7 Å². The number of aromatic nitrogens is 1. The number of aliphatic hydroxyl groups is 1. The Hall–Kier alpha value is -2.90. The number of ether oxygens (including phenoxy) is 1. The van der Waals surface area contributed by atoms with Crippen LogP contribution in [0.25, 0.3) is 0 Å². The lowest BCUT2D eigenvalue weighted by Gasteiger charge is -2.25. The molecule has 1 amide bonds. The van der Waals surface area contributed by atoms with E-state index >= 15 is 0 Å². The average Bonchev–Trinajstić information content (AvgIpc) is 3.44. The zero-order valence-electron chi connectivity index (χ0n) is 21.8. The van der Waals surface area contributed by atoms with E-state index in [2.05, 4.69) is 30.9 Å². The van der Waals surface area contributed by atoms with Crippen molar-refractivity contribution >= 4 is 29.7 Å². The molecule has 1 atom stereocenters. The van der Waals surface area contributed by atoms with E-state index in [1.807, 2.05) is 24.3 Å². The Morgan fingerprint density at radius 2 is 2.08 bits per heavy atom. The first-order chi connectivity index (χ1) is 17.9. The van der Waals surface area contributed by atoms with E-state index < -0.39 is 6.04 Å². The number of pyridine rings is 1. The number of likely N-dealkylation sites (N-methyl/N-ethyl adjacent to an activating group) is 1. The molecule has 1 aromatic heterocycles. The van der Waals surface area contributed by atoms with Crippen molar-refractivity contribution in [2.45, 2.75) is 39.2 Å². The molecule has 1 aliphatic heterocycles. The lowest BCUT2D eigenvalue weighted by Crippen LogP contribution is -2.47. The highest BCUT2D eigenvalue weighted by Crippen LogP contribution is 2.25. The van der Waals surface area contributed by atoms with Gasteiger partial charge in [-0.2, -0.15) is 5.10 Å². The van der Waals surface area contributed by atoms with Gasteiger partial charge in [0.05, 0.1) is 25.3 Å². The Bertz CT molecular complexity index is 1060. The van der Waals surface area contributed by atoms with Crippen molar-refractivity contribution in [1.82, 2.24) is 18.6 Å². The molecule has 2 aromatic rings. The van der Waals surface area contributed by atoms with E-state index in [0.29, 0.717) is 22.8 Å². The number of hydrazone groups is 1. The molecule has 3 rings (SSSR count). The molecule has 0 radical (unpaired) electrons. The van der Waals surface area contributed by atoms with Gasteiger partial charge in [-0.25, -0.2) is 19.4 Å². The van der Waals surface area contributed by atoms with Crippen molar-refractivity contribution in [2.75, 3.05) is 45.2 Å². The number of hydrazine groups is 1. The maximum Gasteiger partial charge on any atom is 0.260 e. The number of amidine groups is 1. The van der Waals surface area contributed by atoms with Gasteiger partial charge in [-0.05, 0) is 56.0 Å². The summed E-state index contributed by atoms with van der Waals surface area (Å²) in [6.45, 7) is 7.85. The topological polar surface area (TPSA) is 146 Å². The van der Waals surface area contributed by atoms with Gasteiger partial charge in [-0.1, -0.05) is 19.1 Å². The number of nitrogens with zero attached hydrogens (tertiary/aromatic N) is 5. The van der Waals surface area contributed by atoms with Gasteiger partial charge in [-0.15, -0.1) is 0 Å². The Balaban J connectivity index is 1.67. The first-order valence-electron chi connectivity index (χ1n) is 12.5. The lowest BCUT2D eigenvalue weighted by atomic mass is 10.1. The van der Waals surface area contributed by atoms with E-state index in [1.165, 1.54) is 17.9 Å². The van der Waals surface area contributed by atoms with Gasteiger partial charge in [-0.3, -0.25) is 9.80 Å². The number of nitrogens with two attached hydrogens (primary N) is 2. The Morgan fingerprint density at radius 1 is 1.32 bits per heavy atom. The highest BCUT2D eigenvalue weighted by Gasteiger charge is 2.20. The minimum absolute atomic E-state index is 0.184. The third-order valence-electron chi connectivity index (χ3n) is 6.13. The predicted molar refractivity (Wildman–Crippen MR) is 148 cm³/mol. The smallest absolute Gasteiger partial charge is 0.260 e. The summed E-state index contributed by atoms with van der Waals surface area (Å²) in [6.07, 6.45) is 3.38. The number of amides is 1. The van der Waals surface area contributed by atoms with Gasteiger partial charge in [0.25, 0.3) is 5.91 Å². The summed E-state index contributed by atoms with van der Waals surface area (Å²) >= 11 is 1.82. The second-order valence-corrected chi connectivity index (χ2v) is 9.97. The summed E-state index contributed by atoms with van der Waals surface area (Å²) in [5, 5.41) is 17.1. The van der Waals surface area contributed by atoms with Gasteiger partial charge in [0.1, 0.15) is 17.3 Å². The molecule has 1 unspecified atom stereocenters. The van der Waals surface area contributed by atoms with Crippen molar-refractivity contribution in [1.29, 1.82) is 0 Å². The monoisotopic (exact) mass is 530 g/mol. The standard InChI is InChI=1S/C25H38N8O3S/c1-4-31(37-32-13-5-6-14-32)15-12-19-10-11-20(22(16-19)36-3)25(35)29-23-9-7-8-21(28-23)24(30-26)33(27)18(2)17-34/h7-11,16,18,34H,4-6,12-15,17,26-27H2,1-3H3,(H,28,29,35)/b30-24-. The van der Waals surface area contributed by atoms with Crippen molar-refractivity contribution in [3.63, 3.8) is 0 Å². The first-order valence-corrected chi connectivity index (χ1v) is 13.2. The molecule has 0 bridgehead atoms. The molecule has 11 nitrogen and oxygen atoms in total. The summed E-state index contributed by atoms with van der Waals surface area (Å²) in [4.78, 5) is 17.5. The summed E-state index contributed by atoms with van der Waals surface area (Å²) in [7, 11) is 1.55. The fourth-order valence-electron chi connectivity index (χ4n) is 3.90. The molecule has 0 saturated carbocycles. The Morgan fingerprint density at radius 3 is 2.73 bits per heavy atom. The number of benzene rings is 1. The third-order valence-corrected chi connectivity index (χ3v) is 7.40. The average molecular weight is 531 g/mol. The number of hydrogen-bond donors (Lipinski definition) is 4. The number of rotatable bonds is 12. The predicted octanol–water partition coefficient (Wildman–Crippen LogP) is 2.04. The molecular weight excluding hydrogens is 492 g/mol. The quantitative estimate of drug-likeness (QED) is 0.106. The van der Waals surface area contributed by atoms with Crippen molar-refractivity contribution in [2.24, 2.45) is 16.8 Å². The maximum atomic E-state index is 13.1. The third kappa shape index (κ3) is 7.79. The number of carbonyl (C=O) groups is 1. The molecule has 12 heteroatoms. The van der Waals surface area contributed by atoms with Crippen molar-refractivity contribution < 1.29 is 14.6 Å². The Kier molecular flexibility index (Phi) is 11.0. The number of methoxy groups -OCH3 is 1. The second kappa shape index (κ2) is 14.1. The minimum Gasteiger partial charge on any atom is -0.496 e. The summed E-state index contributed by atoms with van der Waals surface area (Å²) in [5.74, 6) is 12.2. The van der Waals surface area contributed by atoms with E-state index in [0.717, 1.165) is 38.2 Å². The van der Waals surface area contributed by atoms with Gasteiger partial charge < -0.3 is 21.0 Å². The molecule has 1 aromatic carbocycles. The molecule has 1 fully saturated rings. The van der Waals surface area contributed by atoms with Crippen LogP contribution >= 0.6 is 12.1 Å². The second-order valence-electron chi connectivity index (χ2n) is 8.78. The molecule has 37 heavy (non-hydrogen) atoms. The fraction of sp³-hybridized carbons (Fsp3) is 0.480. The Labute approximate surface area is 223 Å². The summed E-state index contributed by atoms with van der Waals surface area (Å²) < 4.78 is 10.3. The molecule has 202 valence electrons. The van der Waals surface area contributed by atoms with Crippen LogP contribution in [0.3, 0.4) is 0 Å². The number of aliphatic hydroxyl groups excluding tert-OH is 1. The molecule has 1 aliphatic rings. The summed E-state index contributed by atoms with van der Waals surface area (Å²) in [5.41, 5.74) is 1.86. The van der Waals surface area contributed by atoms with Crippen LogP contribution in [0, 0.1) is 0 Å². The number of hydrogen-bond acceptors (Lipinski definition) is 10. The zero-order chi connectivity index (χ0) is 26.8. The van der Waals surface area contributed by atoms with E-state index in [-0.39, 0.29) is 18.3 Å². The van der Waals surface area contributed by atoms with Crippen LogP contribution in [0.4, 0.5) is 5.82 Å². The molecule has 0 spiro atoms. The van der Waals surface area contributed by atoms with Gasteiger partial charge in [0, 0.05) is 38.3 Å². The number of anilines is 1. The van der Waals surface area contributed by atoms with Crippen LogP contribution in [-0.4, -0.2) is 81.4 Å². The largest absolute Gasteiger partial charge is 0.496 e. The van der Waals surface area contributed by atoms with Crippen LogP contribution in [0.1, 0.15) is 48.3 Å². The van der Waals surface area contributed by atoms with Gasteiger partial charge in [0.15, 0.2) is 5.84 Å². The normalized spacial score (nSPS) is 15.1. The van der Waals surface area contributed by atoms with Crippen LogP contribution in [-0.2, 0) is 6.42 Å². The zero-order valence-corrected chi connectivity index (χ0v) is 22.6. The maximum absolute atomic E-state index is 13.1. The molecule has 2 heterocycles. The first kappa shape index (κ1) is 28.7. The van der Waals surface area contributed by atoms with E-state index in [4.69, 9.17) is 16.4 Å². The lowest BCUT2D eigenvalue weighted by molar-refractivity contribution is 0.102. The number of nitrogens with one attached hydrogen (secondary N) is 1. The van der Waals surface area contributed by atoms with Gasteiger partial charge >= 0.3 is 0 Å². The van der Waals surface area contributed by atoms with Crippen molar-refractivity contribution in [3.8, 4) is 5.75 Å². The van der Waals surface area contributed by atoms with Crippen LogP contribution in [0.2, 0.25) is 0 Å². The van der Waals surface area contributed by atoms with E-state index in [9.17, 15) is 9.90 Å². The molecule has 6 N–H and O–H groups in total. The molecular formula is C25H38N8O3S. The van der Waals surface area contributed by atoms with Crippen LogP contribution in [0.5, 0.6) is 5.75 Å². The highest BCUT2D eigenvalue weighted by atomic mass is 32.2. The summed E-state index contributed by atoms with van der Waals surface area (Å²) in [6, 6.07) is 10.3. The SMILES string of the molecule is CCN(CCc1ccc(C(=O)Nc2cccc(/C(=N/N)N(N)C(C)CO)n2)c(OC)c1)SN1CCCC1. The van der Waals surface area contributed by atoms with E-state index in [1.54, 1.807) is 38.3 Å². The minimum atomic E-state index is -0.423. The van der Waals surface area contributed by atoms with Crippen LogP contribution in [0.15, 0.2) is 41.5 Å². The fourth-order valence-corrected chi connectivity index (χ4v) is 4.93. The number of carbonyl (C=O) groups excluding carboxylic acids is 1. The van der Waals surface area contributed by atoms with Gasteiger partial charge in [0.2, 0.25) is 0 Å². The molecule has 1 saturated heterocycles. The molecule has 0 aliphatic carbocycles.